The number of carbonyl (C=O) groups is 3. The van der Waals surface area contributed by atoms with E-state index in [9.17, 15) is 18.8 Å². The number of nitrogen functional groups attached to an aromatic ring is 1. The number of amides is 2. The van der Waals surface area contributed by atoms with Gasteiger partial charge in [0.15, 0.2) is 0 Å². The topological polar surface area (TPSA) is 165 Å². The number of pyridine rings is 2. The summed E-state index contributed by atoms with van der Waals surface area (Å²) in [6.45, 7) is 0. The monoisotopic (exact) mass is 577 g/mol. The molecule has 0 aliphatic carbocycles. The first-order chi connectivity index (χ1) is 20.9. The van der Waals surface area contributed by atoms with Crippen LogP contribution in [0.15, 0.2) is 79.5 Å². The van der Waals surface area contributed by atoms with Crippen molar-refractivity contribution >= 4 is 28.7 Å². The van der Waals surface area contributed by atoms with Crippen LogP contribution < -0.4 is 16.6 Å². The Labute approximate surface area is 244 Å². The molecule has 5 rings (SSSR count). The number of fused-ring (bicyclic) bond motifs is 1. The number of nitrogens with two attached hydrogens (primary N) is 1. The van der Waals surface area contributed by atoms with Gasteiger partial charge < -0.3 is 15.0 Å². The maximum atomic E-state index is 14.9. The lowest BCUT2D eigenvalue weighted by atomic mass is 10.0. The number of nitrogens with one attached hydrogen (secondary N) is 3. The quantitative estimate of drug-likeness (QED) is 0.0754. The Morgan fingerprint density at radius 3 is 2.58 bits per heavy atom. The van der Waals surface area contributed by atoms with Crippen LogP contribution in [-0.2, 0) is 16.0 Å². The van der Waals surface area contributed by atoms with E-state index in [2.05, 4.69) is 42.5 Å². The second-order valence-electron chi connectivity index (χ2n) is 9.26. The van der Waals surface area contributed by atoms with Crippen molar-refractivity contribution in [1.29, 1.82) is 0 Å². The fraction of sp³-hybridized carbons (Fsp3) is 0.0968. The van der Waals surface area contributed by atoms with Gasteiger partial charge in [-0.05, 0) is 42.5 Å². The van der Waals surface area contributed by atoms with Gasteiger partial charge in [0.2, 0.25) is 0 Å². The number of hydrogen-bond acceptors (Lipinski definition) is 8. The lowest BCUT2D eigenvalue weighted by molar-refractivity contribution is -0.142. The highest BCUT2D eigenvalue weighted by atomic mass is 19.1. The molecule has 0 spiro atoms. The molecule has 214 valence electrons. The number of benzene rings is 2. The van der Waals surface area contributed by atoms with Crippen LogP contribution in [0.25, 0.3) is 22.2 Å². The van der Waals surface area contributed by atoms with Gasteiger partial charge in [-0.15, -0.1) is 0 Å². The molecule has 2 aromatic carbocycles. The number of H-pyrrole nitrogens is 1. The number of esters is 1. The molecule has 0 saturated heterocycles. The van der Waals surface area contributed by atoms with Crippen molar-refractivity contribution in [2.45, 2.75) is 12.5 Å². The maximum Gasteiger partial charge on any atom is 0.328 e. The van der Waals surface area contributed by atoms with E-state index in [-0.39, 0.29) is 17.5 Å². The molecular formula is C31H24FN7O4. The molecule has 5 aromatic rings. The van der Waals surface area contributed by atoms with Gasteiger partial charge in [-0.1, -0.05) is 24.0 Å². The van der Waals surface area contributed by atoms with Crippen LogP contribution in [0.1, 0.15) is 37.5 Å². The Balaban J connectivity index is 1.31. The summed E-state index contributed by atoms with van der Waals surface area (Å²) in [5.74, 6) is 8.58. The molecule has 0 aliphatic heterocycles. The lowest BCUT2D eigenvalue weighted by Crippen LogP contribution is -2.43. The molecule has 3 heterocycles. The van der Waals surface area contributed by atoms with Crippen LogP contribution >= 0.6 is 0 Å². The Kier molecular flexibility index (Phi) is 8.45. The minimum absolute atomic E-state index is 0.0182. The zero-order chi connectivity index (χ0) is 30.3. The predicted molar refractivity (Wildman–Crippen MR) is 155 cm³/mol. The molecule has 12 heteroatoms. The highest BCUT2D eigenvalue weighted by Gasteiger charge is 2.24. The number of hydrazine groups is 1. The largest absolute Gasteiger partial charge is 0.467 e. The summed E-state index contributed by atoms with van der Waals surface area (Å²) in [4.78, 5) is 52.8. The van der Waals surface area contributed by atoms with Gasteiger partial charge in [0.1, 0.15) is 11.9 Å². The molecule has 5 N–H and O–H groups in total. The summed E-state index contributed by atoms with van der Waals surface area (Å²) in [5.41, 5.74) is 5.61. The molecule has 0 saturated carbocycles. The number of methoxy groups -OCH3 is 1. The average Bonchev–Trinajstić information content (AvgIpc) is 3.56. The van der Waals surface area contributed by atoms with Crippen LogP contribution in [0.3, 0.4) is 0 Å². The number of hydrogen-bond donors (Lipinski definition) is 4. The summed E-state index contributed by atoms with van der Waals surface area (Å²) < 4.78 is 19.7. The second-order valence-corrected chi connectivity index (χ2v) is 9.26. The van der Waals surface area contributed by atoms with E-state index >= 15 is 0 Å². The van der Waals surface area contributed by atoms with Gasteiger partial charge in [-0.25, -0.2) is 25.0 Å². The van der Waals surface area contributed by atoms with E-state index in [0.717, 1.165) is 11.6 Å². The summed E-state index contributed by atoms with van der Waals surface area (Å²) in [7, 11) is 1.21. The van der Waals surface area contributed by atoms with Gasteiger partial charge in [-0.2, -0.15) is 0 Å². The van der Waals surface area contributed by atoms with Crippen molar-refractivity contribution in [2.75, 3.05) is 7.11 Å². The first kappa shape index (κ1) is 28.6. The molecule has 0 aliphatic rings. The van der Waals surface area contributed by atoms with Crippen molar-refractivity contribution in [3.63, 3.8) is 0 Å². The number of nitrogens with zero attached hydrogens (tertiary/aromatic N) is 3. The number of rotatable bonds is 7. The molecule has 0 bridgehead atoms. The van der Waals surface area contributed by atoms with Gasteiger partial charge >= 0.3 is 5.97 Å². The van der Waals surface area contributed by atoms with Crippen LogP contribution in [0, 0.1) is 17.7 Å². The SMILES string of the molecule is COC(=O)C(Cc1c[nH]cn1)NC(=O)c1ccc(C#Cc2ccc(-c3cc(C(=O)NN)c4cnccc4n3)cc2)c(F)c1. The minimum atomic E-state index is -1.00. The van der Waals surface area contributed by atoms with Gasteiger partial charge in [0.05, 0.1) is 41.5 Å². The highest BCUT2D eigenvalue weighted by molar-refractivity contribution is 6.06. The van der Waals surface area contributed by atoms with Crippen LogP contribution in [0.5, 0.6) is 0 Å². The van der Waals surface area contributed by atoms with Crippen molar-refractivity contribution in [2.24, 2.45) is 5.84 Å². The maximum absolute atomic E-state index is 14.9. The number of aromatic amines is 1. The first-order valence-corrected chi connectivity index (χ1v) is 12.9. The molecular weight excluding hydrogens is 553 g/mol. The zero-order valence-corrected chi connectivity index (χ0v) is 22.7. The second kappa shape index (κ2) is 12.7. The average molecular weight is 578 g/mol. The van der Waals surface area contributed by atoms with Crippen LogP contribution in [0.2, 0.25) is 0 Å². The normalized spacial score (nSPS) is 11.2. The zero-order valence-electron chi connectivity index (χ0n) is 22.7. The van der Waals surface area contributed by atoms with Gasteiger partial charge in [-0.3, -0.25) is 20.0 Å². The fourth-order valence-electron chi connectivity index (χ4n) is 4.29. The Morgan fingerprint density at radius 1 is 1.07 bits per heavy atom. The van der Waals surface area contributed by atoms with Crippen molar-refractivity contribution in [3.8, 4) is 23.1 Å². The predicted octanol–water partition coefficient (Wildman–Crippen LogP) is 2.68. The third kappa shape index (κ3) is 6.53. The lowest BCUT2D eigenvalue weighted by Gasteiger charge is -2.15. The Morgan fingerprint density at radius 2 is 1.88 bits per heavy atom. The summed E-state index contributed by atoms with van der Waals surface area (Å²) in [5, 5.41) is 3.13. The molecule has 0 fully saturated rings. The third-order valence-electron chi connectivity index (χ3n) is 6.50. The van der Waals surface area contributed by atoms with Gasteiger partial charge in [0.25, 0.3) is 11.8 Å². The number of ether oxygens (including phenoxy) is 1. The smallest absolute Gasteiger partial charge is 0.328 e. The van der Waals surface area contributed by atoms with Gasteiger partial charge in [0, 0.05) is 47.1 Å². The summed E-state index contributed by atoms with van der Waals surface area (Å²) in [6.07, 6.45) is 6.29. The number of halogens is 1. The standard InChI is InChI=1S/C31H24FN7O4/c1-43-31(42)28(13-22-15-35-17-36-22)38-29(40)21-9-8-19(25(32)12-21)5-2-18-3-6-20(7-4-18)27-14-23(30(41)39-33)24-16-34-11-10-26(24)37-27/h3-4,6-12,14-17,28H,13,33H2,1H3,(H,35,36)(H,38,40)(H,39,41). The molecule has 0 radical (unpaired) electrons. The number of carbonyl (C=O) groups excluding carboxylic acids is 3. The van der Waals surface area contributed by atoms with E-state index in [1.54, 1.807) is 55.0 Å². The fourth-order valence-corrected chi connectivity index (χ4v) is 4.29. The van der Waals surface area contributed by atoms with E-state index in [1.165, 1.54) is 25.6 Å². The Hall–Kier alpha value is -5.93. The van der Waals surface area contributed by atoms with E-state index in [0.29, 0.717) is 33.4 Å². The molecule has 1 atom stereocenters. The van der Waals surface area contributed by atoms with E-state index in [4.69, 9.17) is 10.6 Å². The van der Waals surface area contributed by atoms with Crippen LogP contribution in [0.4, 0.5) is 4.39 Å². The molecule has 3 aromatic heterocycles. The number of imidazole rings is 1. The first-order valence-electron chi connectivity index (χ1n) is 12.9. The van der Waals surface area contributed by atoms with Crippen LogP contribution in [-0.4, -0.2) is 50.9 Å². The molecule has 11 nitrogen and oxygen atoms in total. The third-order valence-corrected chi connectivity index (χ3v) is 6.50. The van der Waals surface area contributed by atoms with Crippen molar-refractivity contribution in [3.05, 3.63) is 113 Å². The summed E-state index contributed by atoms with van der Waals surface area (Å²) in [6, 6.07) is 13.3. The van der Waals surface area contributed by atoms with E-state index in [1.807, 2.05) is 0 Å². The van der Waals surface area contributed by atoms with E-state index < -0.39 is 29.6 Å². The molecule has 43 heavy (non-hydrogen) atoms. The Bertz CT molecular complexity index is 1880. The summed E-state index contributed by atoms with van der Waals surface area (Å²) >= 11 is 0. The number of aromatic nitrogens is 4. The van der Waals surface area contributed by atoms with Crippen molar-refractivity contribution in [1.82, 2.24) is 30.7 Å². The molecule has 2 amide bonds. The highest BCUT2D eigenvalue weighted by Crippen LogP contribution is 2.24. The van der Waals surface area contributed by atoms with Crippen molar-refractivity contribution < 1.29 is 23.5 Å². The minimum Gasteiger partial charge on any atom is -0.467 e. The molecule has 1 unspecified atom stereocenters.